The zero-order valence-corrected chi connectivity index (χ0v) is 11.0. The van der Waals surface area contributed by atoms with Gasteiger partial charge < -0.3 is 9.90 Å². The van der Waals surface area contributed by atoms with Gasteiger partial charge in [-0.15, -0.1) is 0 Å². The van der Waals surface area contributed by atoms with E-state index in [1.807, 2.05) is 48.5 Å². The zero-order valence-electron chi connectivity index (χ0n) is 11.0. The maximum atomic E-state index is 11.7. The Bertz CT molecular complexity index is 563. The number of aliphatic carboxylic acids is 1. The molecule has 3 nitrogen and oxygen atoms in total. The Kier molecular flexibility index (Phi) is 4.66. The second-order valence-corrected chi connectivity index (χ2v) is 4.65. The average Bonchev–Trinajstić information content (AvgIpc) is 2.48. The van der Waals surface area contributed by atoms with Crippen LogP contribution in [0.25, 0.3) is 0 Å². The first kappa shape index (κ1) is 14.0. The maximum absolute atomic E-state index is 11.7. The van der Waals surface area contributed by atoms with Crippen LogP contribution in [0, 0.1) is 0 Å². The number of hydrogen-bond donors (Lipinski definition) is 1. The Labute approximate surface area is 117 Å². The quantitative estimate of drug-likeness (QED) is 0.818. The molecule has 0 radical (unpaired) electrons. The Balaban J connectivity index is 2.44. The van der Waals surface area contributed by atoms with Crippen molar-refractivity contribution in [3.8, 4) is 0 Å². The normalized spacial score (nSPS) is 13.4. The summed E-state index contributed by atoms with van der Waals surface area (Å²) in [5.41, 5.74) is 1.59. The van der Waals surface area contributed by atoms with Crippen LogP contribution < -0.4 is 0 Å². The van der Waals surface area contributed by atoms with Crippen LogP contribution in [0.1, 0.15) is 29.4 Å². The van der Waals surface area contributed by atoms with Gasteiger partial charge in [0.2, 0.25) is 0 Å². The molecule has 3 heteroatoms. The van der Waals surface area contributed by atoms with Crippen molar-refractivity contribution < 1.29 is 14.7 Å². The van der Waals surface area contributed by atoms with Crippen molar-refractivity contribution >= 4 is 12.3 Å². The molecule has 0 saturated heterocycles. The van der Waals surface area contributed by atoms with Gasteiger partial charge in [-0.25, -0.2) is 0 Å². The number of aldehydes is 1. The molecule has 0 aliphatic rings. The lowest BCUT2D eigenvalue weighted by atomic mass is 9.80. The molecule has 0 bridgehead atoms. The third-order valence-electron chi connectivity index (χ3n) is 3.40. The number of carboxylic acids is 1. The van der Waals surface area contributed by atoms with Crippen LogP contribution in [0.4, 0.5) is 0 Å². The predicted octanol–water partition coefficient (Wildman–Crippen LogP) is 3.23. The predicted molar refractivity (Wildman–Crippen MR) is 76.7 cm³/mol. The smallest absolute Gasteiger partial charge is 0.311 e. The average molecular weight is 268 g/mol. The summed E-state index contributed by atoms with van der Waals surface area (Å²) < 4.78 is 0. The molecule has 2 atom stereocenters. The van der Waals surface area contributed by atoms with Crippen LogP contribution in [0.2, 0.25) is 0 Å². The molecule has 2 aromatic rings. The zero-order chi connectivity index (χ0) is 14.4. The highest BCUT2D eigenvalue weighted by molar-refractivity contribution is 5.78. The Morgan fingerprint density at radius 1 is 0.950 bits per heavy atom. The molecule has 0 aliphatic heterocycles. The molecule has 0 fully saturated rings. The van der Waals surface area contributed by atoms with Gasteiger partial charge in [0.1, 0.15) is 6.29 Å². The molecular formula is C17H16O3. The number of rotatable bonds is 6. The fourth-order valence-corrected chi connectivity index (χ4v) is 2.48. The van der Waals surface area contributed by atoms with E-state index in [1.165, 1.54) is 0 Å². The highest BCUT2D eigenvalue weighted by atomic mass is 16.4. The molecule has 1 N–H and O–H groups in total. The van der Waals surface area contributed by atoms with Gasteiger partial charge in [-0.2, -0.15) is 0 Å². The van der Waals surface area contributed by atoms with Crippen LogP contribution >= 0.6 is 0 Å². The summed E-state index contributed by atoms with van der Waals surface area (Å²) in [6.45, 7) is 0. The molecule has 0 spiro atoms. The standard InChI is InChI=1S/C17H16O3/c18-12-11-15(13-7-3-1-4-8-13)16(17(19)20)14-9-5-2-6-10-14/h1-10,12,15-16H,11H2,(H,19,20)/t15-,16-/m0/s1. The SMILES string of the molecule is O=CC[C@@H](c1ccccc1)[C@@H](C(=O)O)c1ccccc1. The van der Waals surface area contributed by atoms with Crippen LogP contribution in [0.15, 0.2) is 60.7 Å². The van der Waals surface area contributed by atoms with Gasteiger partial charge in [0.05, 0.1) is 5.92 Å². The molecule has 102 valence electrons. The molecule has 2 rings (SSSR count). The summed E-state index contributed by atoms with van der Waals surface area (Å²) in [5.74, 6) is -1.98. The van der Waals surface area contributed by atoms with E-state index < -0.39 is 11.9 Å². The second-order valence-electron chi connectivity index (χ2n) is 4.65. The van der Waals surface area contributed by atoms with Crippen molar-refractivity contribution in [3.63, 3.8) is 0 Å². The van der Waals surface area contributed by atoms with E-state index in [1.54, 1.807) is 12.1 Å². The van der Waals surface area contributed by atoms with Crippen LogP contribution in [-0.2, 0) is 9.59 Å². The molecule has 0 aromatic heterocycles. The van der Waals surface area contributed by atoms with E-state index in [-0.39, 0.29) is 12.3 Å². The van der Waals surface area contributed by atoms with E-state index in [4.69, 9.17) is 0 Å². The molecule has 0 aliphatic carbocycles. The Morgan fingerprint density at radius 2 is 1.45 bits per heavy atom. The minimum Gasteiger partial charge on any atom is -0.481 e. The summed E-state index contributed by atoms with van der Waals surface area (Å²) in [6.07, 6.45) is 0.979. The minimum absolute atomic E-state index is 0.190. The number of carboxylic acid groups (broad SMARTS) is 1. The molecule has 0 saturated carbocycles. The van der Waals surface area contributed by atoms with Gasteiger partial charge in [-0.3, -0.25) is 4.79 Å². The number of carbonyl (C=O) groups excluding carboxylic acids is 1. The number of hydrogen-bond acceptors (Lipinski definition) is 2. The third-order valence-corrected chi connectivity index (χ3v) is 3.40. The molecule has 20 heavy (non-hydrogen) atoms. The largest absolute Gasteiger partial charge is 0.481 e. The first-order chi connectivity index (χ1) is 9.74. The molecule has 2 aromatic carbocycles. The highest BCUT2D eigenvalue weighted by Gasteiger charge is 2.30. The number of benzene rings is 2. The lowest BCUT2D eigenvalue weighted by molar-refractivity contribution is -0.139. The molecular weight excluding hydrogens is 252 g/mol. The maximum Gasteiger partial charge on any atom is 0.311 e. The Hall–Kier alpha value is -2.42. The lowest BCUT2D eigenvalue weighted by Gasteiger charge is -2.23. The van der Waals surface area contributed by atoms with Gasteiger partial charge in [-0.1, -0.05) is 60.7 Å². The first-order valence-corrected chi connectivity index (χ1v) is 6.50. The van der Waals surface area contributed by atoms with Crippen molar-refractivity contribution in [2.45, 2.75) is 18.3 Å². The summed E-state index contributed by atoms with van der Waals surface area (Å²) in [7, 11) is 0. The highest BCUT2D eigenvalue weighted by Crippen LogP contribution is 2.35. The van der Waals surface area contributed by atoms with Crippen molar-refractivity contribution in [3.05, 3.63) is 71.8 Å². The summed E-state index contributed by atoms with van der Waals surface area (Å²) in [4.78, 5) is 22.6. The van der Waals surface area contributed by atoms with Crippen LogP contribution in [0.3, 0.4) is 0 Å². The fraction of sp³-hybridized carbons (Fsp3) is 0.176. The monoisotopic (exact) mass is 268 g/mol. The fourth-order valence-electron chi connectivity index (χ4n) is 2.48. The van der Waals surface area contributed by atoms with Gasteiger partial charge in [-0.05, 0) is 11.1 Å². The molecule has 0 unspecified atom stereocenters. The van der Waals surface area contributed by atoms with Crippen LogP contribution in [0.5, 0.6) is 0 Å². The minimum atomic E-state index is -0.910. The van der Waals surface area contributed by atoms with Gasteiger partial charge in [0.15, 0.2) is 0 Å². The lowest BCUT2D eigenvalue weighted by Crippen LogP contribution is -2.20. The summed E-state index contributed by atoms with van der Waals surface area (Å²) in [5, 5.41) is 9.57. The van der Waals surface area contributed by atoms with Crippen LogP contribution in [-0.4, -0.2) is 17.4 Å². The van der Waals surface area contributed by atoms with Crippen molar-refractivity contribution in [1.82, 2.24) is 0 Å². The summed E-state index contributed by atoms with van der Waals surface area (Å²) in [6, 6.07) is 18.4. The van der Waals surface area contributed by atoms with Gasteiger partial charge in [0.25, 0.3) is 0 Å². The number of carbonyl (C=O) groups is 2. The molecule has 0 amide bonds. The van der Waals surface area contributed by atoms with E-state index >= 15 is 0 Å². The second kappa shape index (κ2) is 6.66. The first-order valence-electron chi connectivity index (χ1n) is 6.50. The van der Waals surface area contributed by atoms with Crippen molar-refractivity contribution in [2.75, 3.05) is 0 Å². The summed E-state index contributed by atoms with van der Waals surface area (Å²) >= 11 is 0. The van der Waals surface area contributed by atoms with Gasteiger partial charge in [0, 0.05) is 12.3 Å². The topological polar surface area (TPSA) is 54.4 Å². The van der Waals surface area contributed by atoms with E-state index in [0.29, 0.717) is 0 Å². The van der Waals surface area contributed by atoms with E-state index in [9.17, 15) is 14.7 Å². The molecule has 0 heterocycles. The van der Waals surface area contributed by atoms with Crippen molar-refractivity contribution in [2.24, 2.45) is 0 Å². The third kappa shape index (κ3) is 3.12. The van der Waals surface area contributed by atoms with E-state index in [2.05, 4.69) is 0 Å². The van der Waals surface area contributed by atoms with Crippen molar-refractivity contribution in [1.29, 1.82) is 0 Å². The van der Waals surface area contributed by atoms with E-state index in [0.717, 1.165) is 17.4 Å². The Morgan fingerprint density at radius 3 is 1.90 bits per heavy atom. The van der Waals surface area contributed by atoms with Gasteiger partial charge >= 0.3 is 5.97 Å².